The number of rotatable bonds is 7. The molecule has 2 aromatic rings. The number of sulfonamides is 1. The van der Waals surface area contributed by atoms with Gasteiger partial charge in [0.15, 0.2) is 0 Å². The number of esters is 1. The summed E-state index contributed by atoms with van der Waals surface area (Å²) in [5, 5.41) is 6.04. The van der Waals surface area contributed by atoms with Gasteiger partial charge in [0.1, 0.15) is 5.56 Å². The van der Waals surface area contributed by atoms with Gasteiger partial charge in [-0.3, -0.25) is 5.10 Å². The number of ether oxygens (including phenoxy) is 1. The molecule has 1 aromatic heterocycles. The lowest BCUT2D eigenvalue weighted by molar-refractivity contribution is 0.0595. The van der Waals surface area contributed by atoms with E-state index in [0.717, 1.165) is 12.0 Å². The maximum absolute atomic E-state index is 12.5. The minimum absolute atomic E-state index is 0.0474. The van der Waals surface area contributed by atoms with Crippen LogP contribution in [0.3, 0.4) is 0 Å². The summed E-state index contributed by atoms with van der Waals surface area (Å²) in [6.07, 6.45) is 1.35. The van der Waals surface area contributed by atoms with Crippen molar-refractivity contribution in [2.75, 3.05) is 7.11 Å². The summed E-state index contributed by atoms with van der Waals surface area (Å²) in [7, 11) is -2.74. The van der Waals surface area contributed by atoms with E-state index in [2.05, 4.69) is 26.6 Å². The van der Waals surface area contributed by atoms with Gasteiger partial charge in [-0.15, -0.1) is 0 Å². The van der Waals surface area contributed by atoms with Gasteiger partial charge in [-0.05, 0) is 24.0 Å². The maximum Gasteiger partial charge on any atom is 0.342 e. The number of methoxy groups -OCH3 is 1. The number of carbonyl (C=O) groups is 1. The zero-order valence-corrected chi connectivity index (χ0v) is 14.7. The van der Waals surface area contributed by atoms with Crippen LogP contribution in [0.15, 0.2) is 29.3 Å². The van der Waals surface area contributed by atoms with Gasteiger partial charge in [-0.25, -0.2) is 17.9 Å². The highest BCUT2D eigenvalue weighted by Crippen LogP contribution is 2.19. The van der Waals surface area contributed by atoms with Crippen LogP contribution in [-0.4, -0.2) is 31.7 Å². The molecule has 1 heterocycles. The fourth-order valence-corrected chi connectivity index (χ4v) is 3.40. The number of carbonyl (C=O) groups excluding carboxylic acids is 1. The molecule has 8 heteroatoms. The molecule has 0 radical (unpaired) electrons. The van der Waals surface area contributed by atoms with Crippen LogP contribution < -0.4 is 4.72 Å². The normalized spacial score (nSPS) is 11.5. The molecule has 0 bridgehead atoms. The van der Waals surface area contributed by atoms with E-state index in [1.165, 1.54) is 12.7 Å². The number of nitrogens with one attached hydrogen (secondary N) is 2. The fraction of sp³-hybridized carbons (Fsp3) is 0.375. The quantitative estimate of drug-likeness (QED) is 0.741. The highest BCUT2D eigenvalue weighted by atomic mass is 32.2. The van der Waals surface area contributed by atoms with E-state index < -0.39 is 16.0 Å². The Labute approximate surface area is 141 Å². The molecule has 24 heavy (non-hydrogen) atoms. The second kappa shape index (κ2) is 7.59. The molecule has 0 unspecified atom stereocenters. The van der Waals surface area contributed by atoms with E-state index in [0.29, 0.717) is 12.1 Å². The minimum atomic E-state index is -3.94. The molecule has 0 atom stereocenters. The lowest BCUT2D eigenvalue weighted by Gasteiger charge is -2.07. The Morgan fingerprint density at radius 1 is 1.17 bits per heavy atom. The van der Waals surface area contributed by atoms with Gasteiger partial charge < -0.3 is 4.74 Å². The summed E-state index contributed by atoms with van der Waals surface area (Å²) in [6, 6.07) is 7.63. The Bertz CT molecular complexity index is 810. The number of benzene rings is 1. The molecule has 0 fully saturated rings. The summed E-state index contributed by atoms with van der Waals surface area (Å²) in [5.41, 5.74) is 2.37. The monoisotopic (exact) mass is 351 g/mol. The summed E-state index contributed by atoms with van der Waals surface area (Å²) in [6.45, 7) is 3.95. The number of aromatic nitrogens is 2. The number of aryl methyl sites for hydroxylation is 2. The van der Waals surface area contributed by atoms with Gasteiger partial charge in [-0.1, -0.05) is 38.1 Å². The largest absolute Gasteiger partial charge is 0.465 e. The zero-order chi connectivity index (χ0) is 17.7. The third-order valence-electron chi connectivity index (χ3n) is 3.70. The first-order valence-corrected chi connectivity index (χ1v) is 9.14. The molecule has 7 nitrogen and oxygen atoms in total. The topological polar surface area (TPSA) is 101 Å². The first-order chi connectivity index (χ1) is 11.4. The second-order valence-electron chi connectivity index (χ2n) is 5.22. The maximum atomic E-state index is 12.5. The lowest BCUT2D eigenvalue weighted by atomic mass is 10.1. The van der Waals surface area contributed by atoms with Crippen LogP contribution in [0.2, 0.25) is 0 Å². The van der Waals surface area contributed by atoms with E-state index in [1.807, 2.05) is 24.3 Å². The van der Waals surface area contributed by atoms with Crippen LogP contribution in [0.4, 0.5) is 0 Å². The first kappa shape index (κ1) is 18.2. The van der Waals surface area contributed by atoms with Gasteiger partial charge >= 0.3 is 5.97 Å². The van der Waals surface area contributed by atoms with Crippen LogP contribution >= 0.6 is 0 Å². The van der Waals surface area contributed by atoms with Crippen molar-refractivity contribution in [3.8, 4) is 0 Å². The highest BCUT2D eigenvalue weighted by Gasteiger charge is 2.29. The van der Waals surface area contributed by atoms with Crippen molar-refractivity contribution in [1.82, 2.24) is 14.9 Å². The van der Waals surface area contributed by atoms with Crippen LogP contribution in [0.1, 0.15) is 41.0 Å². The molecule has 0 aliphatic rings. The lowest BCUT2D eigenvalue weighted by Crippen LogP contribution is -2.25. The van der Waals surface area contributed by atoms with Crippen molar-refractivity contribution in [1.29, 1.82) is 0 Å². The SMILES string of the molecule is CCc1ccc(CNS(=O)(=O)c2n[nH]c(CC)c2C(=O)OC)cc1. The predicted octanol–water partition coefficient (Wildman–Crippen LogP) is 1.80. The number of H-pyrrole nitrogens is 1. The zero-order valence-electron chi connectivity index (χ0n) is 13.9. The Kier molecular flexibility index (Phi) is 5.74. The smallest absolute Gasteiger partial charge is 0.342 e. The van der Waals surface area contributed by atoms with E-state index in [4.69, 9.17) is 0 Å². The number of hydrogen-bond donors (Lipinski definition) is 2. The average Bonchev–Trinajstić information content (AvgIpc) is 3.04. The molecule has 1 aromatic carbocycles. The van der Waals surface area contributed by atoms with Gasteiger partial charge in [0, 0.05) is 6.54 Å². The molecule has 0 spiro atoms. The molecule has 0 amide bonds. The molecule has 0 saturated heterocycles. The summed E-state index contributed by atoms with van der Waals surface area (Å²) >= 11 is 0. The first-order valence-electron chi connectivity index (χ1n) is 7.66. The number of nitrogens with zero attached hydrogens (tertiary/aromatic N) is 1. The van der Waals surface area contributed by atoms with Crippen molar-refractivity contribution in [3.63, 3.8) is 0 Å². The van der Waals surface area contributed by atoms with Crippen LogP contribution in [0, 0.1) is 0 Å². The highest BCUT2D eigenvalue weighted by molar-refractivity contribution is 7.89. The average molecular weight is 351 g/mol. The van der Waals surface area contributed by atoms with Gasteiger partial charge in [-0.2, -0.15) is 5.10 Å². The van der Waals surface area contributed by atoms with Crippen molar-refractivity contribution in [3.05, 3.63) is 46.6 Å². The van der Waals surface area contributed by atoms with Crippen LogP contribution in [-0.2, 0) is 34.1 Å². The molecular weight excluding hydrogens is 330 g/mol. The molecule has 130 valence electrons. The van der Waals surface area contributed by atoms with Crippen LogP contribution in [0.5, 0.6) is 0 Å². The van der Waals surface area contributed by atoms with E-state index in [9.17, 15) is 13.2 Å². The second-order valence-corrected chi connectivity index (χ2v) is 6.90. The molecule has 2 rings (SSSR count). The molecule has 0 aliphatic heterocycles. The van der Waals surface area contributed by atoms with E-state index in [1.54, 1.807) is 6.92 Å². The molecular formula is C16H21N3O4S. The standard InChI is InChI=1S/C16H21N3O4S/c1-4-11-6-8-12(9-7-11)10-17-24(21,22)15-14(16(20)23-3)13(5-2)18-19-15/h6-9,17H,4-5,10H2,1-3H3,(H,18,19). The Hall–Kier alpha value is -2.19. The summed E-state index contributed by atoms with van der Waals surface area (Å²) < 4.78 is 32.1. The number of aromatic amines is 1. The third-order valence-corrected chi connectivity index (χ3v) is 5.03. The fourth-order valence-electron chi connectivity index (χ4n) is 2.26. The Morgan fingerprint density at radius 2 is 1.79 bits per heavy atom. The van der Waals surface area contributed by atoms with Crippen molar-refractivity contribution in [2.45, 2.75) is 38.3 Å². The molecule has 0 saturated carbocycles. The molecule has 2 N–H and O–H groups in total. The van der Waals surface area contributed by atoms with Crippen molar-refractivity contribution in [2.24, 2.45) is 0 Å². The predicted molar refractivity (Wildman–Crippen MR) is 89.2 cm³/mol. The Morgan fingerprint density at radius 3 is 2.33 bits per heavy atom. The van der Waals surface area contributed by atoms with Crippen molar-refractivity contribution >= 4 is 16.0 Å². The van der Waals surface area contributed by atoms with Gasteiger partial charge in [0.05, 0.1) is 12.8 Å². The van der Waals surface area contributed by atoms with Crippen LogP contribution in [0.25, 0.3) is 0 Å². The Balaban J connectivity index is 2.24. The van der Waals surface area contributed by atoms with E-state index in [-0.39, 0.29) is 17.1 Å². The van der Waals surface area contributed by atoms with Gasteiger partial charge in [0.25, 0.3) is 10.0 Å². The molecule has 0 aliphatic carbocycles. The van der Waals surface area contributed by atoms with E-state index >= 15 is 0 Å². The third kappa shape index (κ3) is 3.82. The number of hydrogen-bond acceptors (Lipinski definition) is 5. The summed E-state index contributed by atoms with van der Waals surface area (Å²) in [5.74, 6) is -0.728. The minimum Gasteiger partial charge on any atom is -0.465 e. The summed E-state index contributed by atoms with van der Waals surface area (Å²) in [4.78, 5) is 11.9. The van der Waals surface area contributed by atoms with Crippen molar-refractivity contribution < 1.29 is 17.9 Å². The van der Waals surface area contributed by atoms with Gasteiger partial charge in [0.2, 0.25) is 5.03 Å².